The average Bonchev–Trinajstić information content (AvgIpc) is 3.18. The van der Waals surface area contributed by atoms with Gasteiger partial charge in [-0.2, -0.15) is 0 Å². The van der Waals surface area contributed by atoms with Gasteiger partial charge in [-0.1, -0.05) is 18.2 Å². The number of ether oxygens (including phenoxy) is 1. The van der Waals surface area contributed by atoms with Crippen LogP contribution in [0.25, 0.3) is 0 Å². The van der Waals surface area contributed by atoms with E-state index in [1.54, 1.807) is 18.1 Å². The van der Waals surface area contributed by atoms with Gasteiger partial charge in [-0.3, -0.25) is 9.69 Å². The Bertz CT molecular complexity index is 808. The lowest BCUT2D eigenvalue weighted by Gasteiger charge is -2.24. The number of hydrogen-bond donors (Lipinski definition) is 0. The van der Waals surface area contributed by atoms with Crippen LogP contribution in [-0.4, -0.2) is 37.6 Å². The summed E-state index contributed by atoms with van der Waals surface area (Å²) in [5.74, 6) is 0.657. The third-order valence-electron chi connectivity index (χ3n) is 5.52. The van der Waals surface area contributed by atoms with Crippen LogP contribution in [0.15, 0.2) is 48.5 Å². The van der Waals surface area contributed by atoms with Crippen LogP contribution in [0, 0.1) is 11.2 Å². The number of carbonyl (C=O) groups is 1. The number of carbonyl (C=O) groups excluding carboxylic acids is 1. The largest absolute Gasteiger partial charge is 0.497 e. The summed E-state index contributed by atoms with van der Waals surface area (Å²) in [6.07, 6.45) is 1.54. The molecular formula is C21H23FN2O2. The highest BCUT2D eigenvalue weighted by molar-refractivity contribution is 5.96. The van der Waals surface area contributed by atoms with Crippen molar-refractivity contribution in [3.63, 3.8) is 0 Å². The Morgan fingerprint density at radius 3 is 2.69 bits per heavy atom. The zero-order valence-electron chi connectivity index (χ0n) is 15.0. The molecule has 1 amide bonds. The van der Waals surface area contributed by atoms with Crippen LogP contribution in [0.4, 0.5) is 10.1 Å². The summed E-state index contributed by atoms with van der Waals surface area (Å²) in [6, 6.07) is 14.5. The van der Waals surface area contributed by atoms with Crippen LogP contribution in [-0.2, 0) is 11.3 Å². The summed E-state index contributed by atoms with van der Waals surface area (Å²) in [7, 11) is 1.67. The molecule has 2 saturated heterocycles. The summed E-state index contributed by atoms with van der Waals surface area (Å²) in [4.78, 5) is 16.7. The molecule has 0 unspecified atom stereocenters. The lowest BCUT2D eigenvalue weighted by atomic mass is 9.86. The first kappa shape index (κ1) is 17.0. The molecule has 2 aromatic rings. The van der Waals surface area contributed by atoms with Crippen molar-refractivity contribution >= 4 is 11.6 Å². The van der Waals surface area contributed by atoms with E-state index in [0.717, 1.165) is 31.8 Å². The first-order valence-electron chi connectivity index (χ1n) is 8.98. The van der Waals surface area contributed by atoms with Crippen molar-refractivity contribution in [1.29, 1.82) is 0 Å². The van der Waals surface area contributed by atoms with Crippen molar-refractivity contribution in [3.8, 4) is 5.75 Å². The molecule has 26 heavy (non-hydrogen) atoms. The minimum Gasteiger partial charge on any atom is -0.497 e. The second-order valence-electron chi connectivity index (χ2n) is 7.45. The smallest absolute Gasteiger partial charge is 0.227 e. The summed E-state index contributed by atoms with van der Waals surface area (Å²) in [5.41, 5.74) is 1.89. The topological polar surface area (TPSA) is 32.8 Å². The van der Waals surface area contributed by atoms with Gasteiger partial charge in [0, 0.05) is 37.2 Å². The van der Waals surface area contributed by atoms with Crippen LogP contribution in [0.5, 0.6) is 5.75 Å². The Balaban J connectivity index is 1.43. The lowest BCUT2D eigenvalue weighted by molar-refractivity contribution is -0.117. The van der Waals surface area contributed by atoms with Crippen LogP contribution in [0.1, 0.15) is 18.4 Å². The van der Waals surface area contributed by atoms with Gasteiger partial charge in [-0.15, -0.1) is 0 Å². The Labute approximate surface area is 153 Å². The maximum absolute atomic E-state index is 13.5. The third-order valence-corrected chi connectivity index (χ3v) is 5.52. The highest BCUT2D eigenvalue weighted by Crippen LogP contribution is 2.42. The van der Waals surface area contributed by atoms with E-state index in [1.165, 1.54) is 17.7 Å². The van der Waals surface area contributed by atoms with E-state index in [-0.39, 0.29) is 17.1 Å². The summed E-state index contributed by atoms with van der Waals surface area (Å²) in [6.45, 7) is 3.43. The molecule has 0 radical (unpaired) electrons. The first-order valence-corrected chi connectivity index (χ1v) is 8.98. The second kappa shape index (κ2) is 6.72. The van der Waals surface area contributed by atoms with Gasteiger partial charge in [0.2, 0.25) is 5.91 Å². The van der Waals surface area contributed by atoms with E-state index >= 15 is 0 Å². The fourth-order valence-corrected chi connectivity index (χ4v) is 4.20. The second-order valence-corrected chi connectivity index (χ2v) is 7.45. The van der Waals surface area contributed by atoms with Crippen LogP contribution >= 0.6 is 0 Å². The number of methoxy groups -OCH3 is 1. The van der Waals surface area contributed by atoms with E-state index in [1.807, 2.05) is 18.2 Å². The molecule has 0 saturated carbocycles. The quantitative estimate of drug-likeness (QED) is 0.843. The molecule has 0 bridgehead atoms. The summed E-state index contributed by atoms with van der Waals surface area (Å²) in [5, 5.41) is 0. The van der Waals surface area contributed by atoms with Crippen LogP contribution in [0.2, 0.25) is 0 Å². The van der Waals surface area contributed by atoms with E-state index < -0.39 is 0 Å². The van der Waals surface area contributed by atoms with Crippen molar-refractivity contribution in [1.82, 2.24) is 4.90 Å². The molecule has 0 N–H and O–H groups in total. The monoisotopic (exact) mass is 354 g/mol. The number of halogens is 1. The highest BCUT2D eigenvalue weighted by atomic mass is 19.1. The Kier molecular flexibility index (Phi) is 4.41. The van der Waals surface area contributed by atoms with Crippen molar-refractivity contribution in [2.24, 2.45) is 5.41 Å². The van der Waals surface area contributed by atoms with Gasteiger partial charge in [0.25, 0.3) is 0 Å². The fourth-order valence-electron chi connectivity index (χ4n) is 4.20. The molecule has 136 valence electrons. The molecule has 1 atom stereocenters. The number of likely N-dealkylation sites (tertiary alicyclic amines) is 1. The van der Waals surface area contributed by atoms with E-state index in [4.69, 9.17) is 4.74 Å². The van der Waals surface area contributed by atoms with Gasteiger partial charge >= 0.3 is 0 Å². The van der Waals surface area contributed by atoms with Gasteiger partial charge in [0.15, 0.2) is 0 Å². The predicted molar refractivity (Wildman–Crippen MR) is 98.7 cm³/mol. The Morgan fingerprint density at radius 1 is 1.15 bits per heavy atom. The molecule has 2 heterocycles. The molecule has 5 heteroatoms. The number of benzene rings is 2. The van der Waals surface area contributed by atoms with Gasteiger partial charge in [-0.05, 0) is 48.9 Å². The number of anilines is 1. The van der Waals surface area contributed by atoms with E-state index in [0.29, 0.717) is 18.7 Å². The van der Waals surface area contributed by atoms with Gasteiger partial charge in [-0.25, -0.2) is 4.39 Å². The third kappa shape index (κ3) is 3.31. The van der Waals surface area contributed by atoms with Gasteiger partial charge < -0.3 is 9.64 Å². The predicted octanol–water partition coefficient (Wildman–Crippen LogP) is 3.46. The molecule has 1 spiro atoms. The zero-order chi connectivity index (χ0) is 18.1. The molecule has 2 aliphatic heterocycles. The minimum atomic E-state index is -0.302. The van der Waals surface area contributed by atoms with Crippen molar-refractivity contribution in [3.05, 3.63) is 59.9 Å². The molecular weight excluding hydrogens is 331 g/mol. The number of hydrogen-bond acceptors (Lipinski definition) is 3. The Hall–Kier alpha value is -2.40. The molecule has 2 aromatic carbocycles. The first-order chi connectivity index (χ1) is 12.6. The number of nitrogens with zero attached hydrogens (tertiary/aromatic N) is 2. The Morgan fingerprint density at radius 2 is 1.96 bits per heavy atom. The van der Waals surface area contributed by atoms with Crippen LogP contribution in [0.3, 0.4) is 0 Å². The van der Waals surface area contributed by atoms with Gasteiger partial charge in [0.05, 0.1) is 7.11 Å². The highest BCUT2D eigenvalue weighted by Gasteiger charge is 2.47. The molecule has 0 aromatic heterocycles. The van der Waals surface area contributed by atoms with Crippen molar-refractivity contribution in [2.75, 3.05) is 31.6 Å². The minimum absolute atomic E-state index is 0.0180. The maximum Gasteiger partial charge on any atom is 0.227 e. The maximum atomic E-state index is 13.5. The van der Waals surface area contributed by atoms with Crippen LogP contribution < -0.4 is 9.64 Å². The molecule has 0 aliphatic carbocycles. The standard InChI is InChI=1S/C21H23FN2O2/c1-26-19-7-5-16(6-8-19)13-23-10-9-21(14-23)12-20(25)24(15-21)18-4-2-3-17(22)11-18/h2-8,11H,9-10,12-15H2,1H3/t21-/m1/s1. The molecule has 2 fully saturated rings. The SMILES string of the molecule is COc1ccc(CN2CC[C@@]3(CC(=O)N(c4cccc(F)c4)C3)C2)cc1. The summed E-state index contributed by atoms with van der Waals surface area (Å²) < 4.78 is 18.7. The number of rotatable bonds is 4. The normalized spacial score (nSPS) is 23.2. The van der Waals surface area contributed by atoms with Crippen molar-refractivity contribution < 1.29 is 13.9 Å². The lowest BCUT2D eigenvalue weighted by Crippen LogP contribution is -2.31. The molecule has 4 nitrogen and oxygen atoms in total. The molecule has 4 rings (SSSR count). The van der Waals surface area contributed by atoms with Crippen molar-refractivity contribution in [2.45, 2.75) is 19.4 Å². The van der Waals surface area contributed by atoms with E-state index in [9.17, 15) is 9.18 Å². The summed E-state index contributed by atoms with van der Waals surface area (Å²) >= 11 is 0. The average molecular weight is 354 g/mol. The number of amides is 1. The van der Waals surface area contributed by atoms with Gasteiger partial charge in [0.1, 0.15) is 11.6 Å². The van der Waals surface area contributed by atoms with E-state index in [2.05, 4.69) is 17.0 Å². The fraction of sp³-hybridized carbons (Fsp3) is 0.381. The zero-order valence-corrected chi connectivity index (χ0v) is 15.0. The molecule has 2 aliphatic rings.